The minimum Gasteiger partial charge on any atom is -0.314 e. The molecule has 0 atom stereocenters. The Hall–Kier alpha value is -1.72. The van der Waals surface area contributed by atoms with Gasteiger partial charge in [0.25, 0.3) is 0 Å². The van der Waals surface area contributed by atoms with Crippen LogP contribution in [0.1, 0.15) is 22.3 Å². The summed E-state index contributed by atoms with van der Waals surface area (Å²) >= 11 is 0. The van der Waals surface area contributed by atoms with Crippen molar-refractivity contribution >= 4 is 0 Å². The number of hydrogen-bond acceptors (Lipinski definition) is 4. The summed E-state index contributed by atoms with van der Waals surface area (Å²) < 4.78 is 0. The van der Waals surface area contributed by atoms with Gasteiger partial charge in [-0.1, -0.05) is 59.7 Å². The van der Waals surface area contributed by atoms with E-state index in [9.17, 15) is 0 Å². The second kappa shape index (κ2) is 11.3. The van der Waals surface area contributed by atoms with E-state index < -0.39 is 0 Å². The predicted octanol–water partition coefficient (Wildman–Crippen LogP) is 2.80. The van der Waals surface area contributed by atoms with Crippen LogP contribution in [0.3, 0.4) is 0 Å². The molecule has 1 saturated heterocycles. The lowest BCUT2D eigenvalue weighted by Gasteiger charge is -2.27. The van der Waals surface area contributed by atoms with Crippen LogP contribution in [0.15, 0.2) is 48.5 Å². The summed E-state index contributed by atoms with van der Waals surface area (Å²) in [5.74, 6) is 0. The van der Waals surface area contributed by atoms with E-state index in [1.165, 1.54) is 22.3 Å². The second-order valence-corrected chi connectivity index (χ2v) is 8.02. The van der Waals surface area contributed by atoms with Crippen LogP contribution in [0.4, 0.5) is 0 Å². The number of rotatable bonds is 4. The van der Waals surface area contributed by atoms with Gasteiger partial charge in [-0.05, 0) is 25.0 Å². The van der Waals surface area contributed by atoms with Crippen LogP contribution in [-0.4, -0.2) is 62.2 Å². The molecular weight excluding hydrogens is 344 g/mol. The molecule has 0 amide bonds. The number of aryl methyl sites for hydroxylation is 2. The SMILES string of the molecule is Cc1ccc(CN2CCNCCN(Cc3ccc(C)cc3)CCNCC2)cc1. The molecule has 3 rings (SSSR count). The van der Waals surface area contributed by atoms with Gasteiger partial charge < -0.3 is 10.6 Å². The Bertz CT molecular complexity index is 607. The first kappa shape index (κ1) is 21.0. The van der Waals surface area contributed by atoms with Crippen LogP contribution in [0.5, 0.6) is 0 Å². The summed E-state index contributed by atoms with van der Waals surface area (Å²) in [5, 5.41) is 7.30. The fourth-order valence-electron chi connectivity index (χ4n) is 3.64. The van der Waals surface area contributed by atoms with E-state index in [1.54, 1.807) is 0 Å². The zero-order valence-electron chi connectivity index (χ0n) is 17.6. The van der Waals surface area contributed by atoms with Crippen molar-refractivity contribution in [1.29, 1.82) is 0 Å². The van der Waals surface area contributed by atoms with Crippen molar-refractivity contribution in [3.8, 4) is 0 Å². The van der Waals surface area contributed by atoms with E-state index >= 15 is 0 Å². The molecule has 0 aromatic heterocycles. The molecule has 0 spiro atoms. The molecule has 0 unspecified atom stereocenters. The molecule has 2 aromatic carbocycles. The molecule has 2 N–H and O–H groups in total. The van der Waals surface area contributed by atoms with Crippen LogP contribution >= 0.6 is 0 Å². The van der Waals surface area contributed by atoms with E-state index in [1.807, 2.05) is 0 Å². The zero-order chi connectivity index (χ0) is 19.6. The van der Waals surface area contributed by atoms with Crippen molar-refractivity contribution < 1.29 is 0 Å². The zero-order valence-corrected chi connectivity index (χ0v) is 17.6. The third kappa shape index (κ3) is 7.36. The minimum atomic E-state index is 1.03. The highest BCUT2D eigenvalue weighted by atomic mass is 15.2. The average molecular weight is 381 g/mol. The quantitative estimate of drug-likeness (QED) is 0.854. The predicted molar refractivity (Wildman–Crippen MR) is 119 cm³/mol. The largest absolute Gasteiger partial charge is 0.314 e. The van der Waals surface area contributed by atoms with Gasteiger partial charge in [-0.15, -0.1) is 0 Å². The van der Waals surface area contributed by atoms with E-state index in [0.717, 1.165) is 65.4 Å². The fourth-order valence-corrected chi connectivity index (χ4v) is 3.64. The van der Waals surface area contributed by atoms with Crippen molar-refractivity contribution in [2.24, 2.45) is 0 Å². The highest BCUT2D eigenvalue weighted by Crippen LogP contribution is 2.08. The fraction of sp³-hybridized carbons (Fsp3) is 0.500. The van der Waals surface area contributed by atoms with E-state index in [2.05, 4.69) is 82.8 Å². The Morgan fingerprint density at radius 2 is 0.893 bits per heavy atom. The normalized spacial score (nSPS) is 18.4. The molecule has 28 heavy (non-hydrogen) atoms. The number of benzene rings is 2. The third-order valence-corrected chi connectivity index (χ3v) is 5.47. The lowest BCUT2D eigenvalue weighted by atomic mass is 10.1. The standard InChI is InChI=1S/C24H36N4/c1-21-3-7-23(8-4-21)19-27-15-11-25-13-17-28(18-14-26-12-16-27)20-24-9-5-22(2)6-10-24/h3-10,25-26H,11-20H2,1-2H3. The molecule has 0 saturated carbocycles. The number of hydrogen-bond donors (Lipinski definition) is 2. The van der Waals surface area contributed by atoms with Crippen LogP contribution in [0.25, 0.3) is 0 Å². The van der Waals surface area contributed by atoms with Crippen LogP contribution in [0, 0.1) is 13.8 Å². The maximum absolute atomic E-state index is 3.65. The van der Waals surface area contributed by atoms with Gasteiger partial charge in [0.2, 0.25) is 0 Å². The highest BCUT2D eigenvalue weighted by Gasteiger charge is 2.10. The lowest BCUT2D eigenvalue weighted by molar-refractivity contribution is 0.233. The Morgan fingerprint density at radius 3 is 1.21 bits per heavy atom. The molecule has 1 heterocycles. The van der Waals surface area contributed by atoms with Crippen molar-refractivity contribution in [2.45, 2.75) is 26.9 Å². The molecule has 4 heteroatoms. The van der Waals surface area contributed by atoms with Crippen molar-refractivity contribution in [3.05, 3.63) is 70.8 Å². The van der Waals surface area contributed by atoms with Crippen molar-refractivity contribution in [1.82, 2.24) is 20.4 Å². The number of nitrogens with one attached hydrogen (secondary N) is 2. The first-order valence-electron chi connectivity index (χ1n) is 10.7. The summed E-state index contributed by atoms with van der Waals surface area (Å²) in [4.78, 5) is 5.10. The maximum Gasteiger partial charge on any atom is 0.0234 e. The van der Waals surface area contributed by atoms with Crippen LogP contribution < -0.4 is 10.6 Å². The average Bonchev–Trinajstić information content (AvgIpc) is 2.69. The highest BCUT2D eigenvalue weighted by molar-refractivity contribution is 5.22. The summed E-state index contributed by atoms with van der Waals surface area (Å²) in [5.41, 5.74) is 5.47. The smallest absolute Gasteiger partial charge is 0.0234 e. The van der Waals surface area contributed by atoms with Crippen LogP contribution in [-0.2, 0) is 13.1 Å². The van der Waals surface area contributed by atoms with E-state index in [0.29, 0.717) is 0 Å². The molecule has 1 aliphatic rings. The number of nitrogens with zero attached hydrogens (tertiary/aromatic N) is 2. The van der Waals surface area contributed by atoms with Crippen LogP contribution in [0.2, 0.25) is 0 Å². The van der Waals surface area contributed by atoms with Gasteiger partial charge in [-0.2, -0.15) is 0 Å². The topological polar surface area (TPSA) is 30.5 Å². The van der Waals surface area contributed by atoms with Gasteiger partial charge in [0.05, 0.1) is 0 Å². The Balaban J connectivity index is 1.47. The van der Waals surface area contributed by atoms with Gasteiger partial charge in [0.1, 0.15) is 0 Å². The molecule has 1 fully saturated rings. The molecule has 4 nitrogen and oxygen atoms in total. The second-order valence-electron chi connectivity index (χ2n) is 8.02. The van der Waals surface area contributed by atoms with E-state index in [-0.39, 0.29) is 0 Å². The van der Waals surface area contributed by atoms with Gasteiger partial charge in [-0.25, -0.2) is 0 Å². The van der Waals surface area contributed by atoms with E-state index in [4.69, 9.17) is 0 Å². The molecular formula is C24H36N4. The monoisotopic (exact) mass is 380 g/mol. The Kier molecular flexibility index (Phi) is 8.49. The summed E-state index contributed by atoms with van der Waals surface area (Å²) in [6.45, 7) is 14.9. The summed E-state index contributed by atoms with van der Waals surface area (Å²) in [6, 6.07) is 17.9. The molecule has 0 aliphatic carbocycles. The van der Waals surface area contributed by atoms with Crippen molar-refractivity contribution in [3.63, 3.8) is 0 Å². The van der Waals surface area contributed by atoms with Crippen molar-refractivity contribution in [2.75, 3.05) is 52.4 Å². The molecule has 0 bridgehead atoms. The van der Waals surface area contributed by atoms with Gasteiger partial charge >= 0.3 is 0 Å². The molecule has 0 radical (unpaired) electrons. The Labute approximate surface area is 170 Å². The molecule has 1 aliphatic heterocycles. The maximum atomic E-state index is 3.65. The first-order chi connectivity index (χ1) is 13.7. The van der Waals surface area contributed by atoms with Gasteiger partial charge in [0.15, 0.2) is 0 Å². The summed E-state index contributed by atoms with van der Waals surface area (Å²) in [6.07, 6.45) is 0. The minimum absolute atomic E-state index is 1.03. The third-order valence-electron chi connectivity index (χ3n) is 5.47. The first-order valence-corrected chi connectivity index (χ1v) is 10.7. The molecule has 2 aromatic rings. The molecule has 152 valence electrons. The summed E-state index contributed by atoms with van der Waals surface area (Å²) in [7, 11) is 0. The van der Waals surface area contributed by atoms with Gasteiger partial charge in [-0.3, -0.25) is 9.80 Å². The Morgan fingerprint density at radius 1 is 0.571 bits per heavy atom. The lowest BCUT2D eigenvalue weighted by Crippen LogP contribution is -2.42. The van der Waals surface area contributed by atoms with Gasteiger partial charge in [0, 0.05) is 65.4 Å².